The summed E-state index contributed by atoms with van der Waals surface area (Å²) in [7, 11) is 0. The van der Waals surface area contributed by atoms with Gasteiger partial charge in [0.05, 0.1) is 13.1 Å². The van der Waals surface area contributed by atoms with E-state index in [4.69, 9.17) is 9.15 Å². The predicted octanol–water partition coefficient (Wildman–Crippen LogP) is 2.63. The van der Waals surface area contributed by atoms with Crippen LogP contribution in [0.5, 0.6) is 0 Å². The average Bonchev–Trinajstić information content (AvgIpc) is 3.03. The summed E-state index contributed by atoms with van der Waals surface area (Å²) in [6.45, 7) is 4.19. The first kappa shape index (κ1) is 13.6. The summed E-state index contributed by atoms with van der Waals surface area (Å²) in [6.07, 6.45) is 5.72. The van der Waals surface area contributed by atoms with Crippen LogP contribution in [0.4, 0.5) is 0 Å². The highest BCUT2D eigenvalue weighted by molar-refractivity contribution is 5.79. The number of carbonyl (C=O) groups is 1. The third kappa shape index (κ3) is 2.73. The zero-order valence-electron chi connectivity index (χ0n) is 12.1. The molecule has 0 unspecified atom stereocenters. The van der Waals surface area contributed by atoms with Gasteiger partial charge in [0, 0.05) is 12.5 Å². The van der Waals surface area contributed by atoms with Crippen LogP contribution in [-0.2, 0) is 29.2 Å². The predicted molar refractivity (Wildman–Crippen MR) is 72.7 cm³/mol. The summed E-state index contributed by atoms with van der Waals surface area (Å²) in [5.74, 6) is 1.96. The minimum absolute atomic E-state index is 0.218. The summed E-state index contributed by atoms with van der Waals surface area (Å²) in [4.78, 5) is 18.8. The molecule has 1 aromatic heterocycles. The normalized spacial score (nSPS) is 19.4. The minimum Gasteiger partial charge on any atom is -0.441 e. The molecule has 5 nitrogen and oxygen atoms in total. The number of nitrogens with zero attached hydrogens (tertiary/aromatic N) is 2. The first-order valence-corrected chi connectivity index (χ1v) is 7.62. The molecule has 1 fully saturated rings. The molecule has 0 bridgehead atoms. The summed E-state index contributed by atoms with van der Waals surface area (Å²) >= 11 is 0. The SMILES string of the molecule is CCOCc1nc2c(o1)CN(C(=O)C1CCCCC1)C2. The lowest BCUT2D eigenvalue weighted by Gasteiger charge is -2.25. The first-order chi connectivity index (χ1) is 9.78. The van der Waals surface area contributed by atoms with Gasteiger partial charge in [0.2, 0.25) is 11.8 Å². The molecule has 1 aromatic rings. The Morgan fingerprint density at radius 2 is 2.15 bits per heavy atom. The Bertz CT molecular complexity index is 454. The monoisotopic (exact) mass is 278 g/mol. The van der Waals surface area contributed by atoms with Crippen LogP contribution in [0.25, 0.3) is 0 Å². The van der Waals surface area contributed by atoms with Crippen molar-refractivity contribution in [3.05, 3.63) is 17.3 Å². The number of carbonyl (C=O) groups excluding carboxylic acids is 1. The Labute approximate surface area is 119 Å². The topological polar surface area (TPSA) is 55.6 Å². The fourth-order valence-electron chi connectivity index (χ4n) is 3.11. The fourth-order valence-corrected chi connectivity index (χ4v) is 3.11. The maximum atomic E-state index is 12.5. The largest absolute Gasteiger partial charge is 0.441 e. The Hall–Kier alpha value is -1.36. The average molecular weight is 278 g/mol. The number of hydrogen-bond donors (Lipinski definition) is 0. The molecule has 2 aliphatic rings. The van der Waals surface area contributed by atoms with E-state index in [-0.39, 0.29) is 11.8 Å². The van der Waals surface area contributed by atoms with Crippen molar-refractivity contribution in [1.29, 1.82) is 0 Å². The van der Waals surface area contributed by atoms with E-state index in [2.05, 4.69) is 4.98 Å². The molecule has 0 spiro atoms. The van der Waals surface area contributed by atoms with Crippen molar-refractivity contribution in [2.24, 2.45) is 5.92 Å². The first-order valence-electron chi connectivity index (χ1n) is 7.62. The van der Waals surface area contributed by atoms with Gasteiger partial charge in [-0.15, -0.1) is 0 Å². The van der Waals surface area contributed by atoms with Gasteiger partial charge in [-0.05, 0) is 19.8 Å². The fraction of sp³-hybridized carbons (Fsp3) is 0.733. The van der Waals surface area contributed by atoms with Crippen LogP contribution in [0.3, 0.4) is 0 Å². The number of aromatic nitrogens is 1. The van der Waals surface area contributed by atoms with Gasteiger partial charge >= 0.3 is 0 Å². The lowest BCUT2D eigenvalue weighted by Crippen LogP contribution is -2.33. The summed E-state index contributed by atoms with van der Waals surface area (Å²) < 4.78 is 11.0. The third-order valence-electron chi connectivity index (χ3n) is 4.19. The number of hydrogen-bond acceptors (Lipinski definition) is 4. The van der Waals surface area contributed by atoms with Gasteiger partial charge in [-0.1, -0.05) is 19.3 Å². The Kier molecular flexibility index (Phi) is 4.05. The Morgan fingerprint density at radius 1 is 1.35 bits per heavy atom. The standard InChI is InChI=1S/C15H22N2O3/c1-2-19-10-14-16-12-8-17(9-13(12)20-14)15(18)11-6-4-3-5-7-11/h11H,2-10H2,1H3. The van der Waals surface area contributed by atoms with E-state index in [0.29, 0.717) is 32.2 Å². The zero-order valence-corrected chi connectivity index (χ0v) is 12.1. The highest BCUT2D eigenvalue weighted by Crippen LogP contribution is 2.30. The molecule has 0 saturated heterocycles. The molecule has 1 aliphatic carbocycles. The molecule has 20 heavy (non-hydrogen) atoms. The van der Waals surface area contributed by atoms with Crippen LogP contribution in [-0.4, -0.2) is 22.4 Å². The summed E-state index contributed by atoms with van der Waals surface area (Å²) in [5, 5.41) is 0. The van der Waals surface area contributed by atoms with E-state index in [0.717, 1.165) is 24.3 Å². The van der Waals surface area contributed by atoms with E-state index >= 15 is 0 Å². The minimum atomic E-state index is 0.218. The molecule has 0 atom stereocenters. The molecule has 1 amide bonds. The van der Waals surface area contributed by atoms with Crippen molar-refractivity contribution < 1.29 is 13.9 Å². The number of rotatable bonds is 4. The molecule has 110 valence electrons. The highest BCUT2D eigenvalue weighted by Gasteiger charge is 2.32. The van der Waals surface area contributed by atoms with Gasteiger partial charge in [0.25, 0.3) is 0 Å². The van der Waals surface area contributed by atoms with Gasteiger partial charge in [-0.3, -0.25) is 4.79 Å². The number of ether oxygens (including phenoxy) is 1. The molecule has 0 radical (unpaired) electrons. The van der Waals surface area contributed by atoms with Crippen molar-refractivity contribution in [1.82, 2.24) is 9.88 Å². The van der Waals surface area contributed by atoms with E-state index in [9.17, 15) is 4.79 Å². The van der Waals surface area contributed by atoms with Crippen LogP contribution < -0.4 is 0 Å². The van der Waals surface area contributed by atoms with Crippen LogP contribution in [0.2, 0.25) is 0 Å². The van der Waals surface area contributed by atoms with Crippen molar-refractivity contribution in [3.8, 4) is 0 Å². The lowest BCUT2D eigenvalue weighted by molar-refractivity contribution is -0.137. The number of amides is 1. The molecule has 0 N–H and O–H groups in total. The van der Waals surface area contributed by atoms with Crippen LogP contribution in [0.1, 0.15) is 56.4 Å². The second-order valence-corrected chi connectivity index (χ2v) is 5.64. The smallest absolute Gasteiger partial charge is 0.226 e. The van der Waals surface area contributed by atoms with E-state index in [1.54, 1.807) is 0 Å². The van der Waals surface area contributed by atoms with Gasteiger partial charge in [0.1, 0.15) is 18.1 Å². The maximum Gasteiger partial charge on any atom is 0.226 e. The Balaban J connectivity index is 1.59. The van der Waals surface area contributed by atoms with Gasteiger partial charge in [-0.2, -0.15) is 0 Å². The van der Waals surface area contributed by atoms with E-state index in [1.165, 1.54) is 19.3 Å². The molecule has 1 saturated carbocycles. The molecule has 5 heteroatoms. The molecule has 1 aliphatic heterocycles. The number of fused-ring (bicyclic) bond motifs is 1. The van der Waals surface area contributed by atoms with Crippen LogP contribution in [0.15, 0.2) is 4.42 Å². The number of oxazole rings is 1. The zero-order chi connectivity index (χ0) is 13.9. The van der Waals surface area contributed by atoms with Crippen molar-refractivity contribution in [2.45, 2.75) is 58.7 Å². The summed E-state index contributed by atoms with van der Waals surface area (Å²) in [6, 6.07) is 0. The Morgan fingerprint density at radius 3 is 2.85 bits per heavy atom. The third-order valence-corrected chi connectivity index (χ3v) is 4.19. The molecular formula is C15H22N2O3. The van der Waals surface area contributed by atoms with E-state index in [1.807, 2.05) is 11.8 Å². The van der Waals surface area contributed by atoms with Gasteiger partial charge < -0.3 is 14.1 Å². The van der Waals surface area contributed by atoms with Crippen molar-refractivity contribution in [3.63, 3.8) is 0 Å². The molecule has 0 aromatic carbocycles. The molecule has 3 rings (SSSR count). The second-order valence-electron chi connectivity index (χ2n) is 5.64. The van der Waals surface area contributed by atoms with Crippen molar-refractivity contribution >= 4 is 5.91 Å². The lowest BCUT2D eigenvalue weighted by atomic mass is 9.88. The van der Waals surface area contributed by atoms with Gasteiger partial charge in [0.15, 0.2) is 0 Å². The quantitative estimate of drug-likeness (QED) is 0.849. The summed E-state index contributed by atoms with van der Waals surface area (Å²) in [5.41, 5.74) is 0.906. The maximum absolute atomic E-state index is 12.5. The molecular weight excluding hydrogens is 256 g/mol. The van der Waals surface area contributed by atoms with Crippen LogP contribution >= 0.6 is 0 Å². The van der Waals surface area contributed by atoms with Crippen LogP contribution in [0, 0.1) is 5.92 Å². The van der Waals surface area contributed by atoms with E-state index < -0.39 is 0 Å². The van der Waals surface area contributed by atoms with Crippen molar-refractivity contribution in [2.75, 3.05) is 6.61 Å². The van der Waals surface area contributed by atoms with Gasteiger partial charge in [-0.25, -0.2) is 4.98 Å². The second kappa shape index (κ2) is 5.95. The highest BCUT2D eigenvalue weighted by atomic mass is 16.5. The molecule has 2 heterocycles.